The van der Waals surface area contributed by atoms with Crippen molar-refractivity contribution in [1.82, 2.24) is 19.4 Å². The summed E-state index contributed by atoms with van der Waals surface area (Å²) < 4.78 is 26.2. The fraction of sp³-hybridized carbons (Fsp3) is 0.750. The highest BCUT2D eigenvalue weighted by Gasteiger charge is 2.31. The molecule has 0 aliphatic carbocycles. The first-order chi connectivity index (χ1) is 9.05. The number of hydrogen-bond acceptors (Lipinski definition) is 4. The van der Waals surface area contributed by atoms with Gasteiger partial charge < -0.3 is 4.90 Å². The van der Waals surface area contributed by atoms with Gasteiger partial charge in [0.15, 0.2) is 5.03 Å². The molecular weight excluding hydrogens is 264 g/mol. The van der Waals surface area contributed by atoms with Gasteiger partial charge in [-0.1, -0.05) is 6.92 Å². The van der Waals surface area contributed by atoms with Crippen LogP contribution in [0.3, 0.4) is 0 Å². The molecule has 2 rings (SSSR count). The van der Waals surface area contributed by atoms with Crippen molar-refractivity contribution in [3.8, 4) is 0 Å². The van der Waals surface area contributed by atoms with Crippen LogP contribution in [0.25, 0.3) is 0 Å². The van der Waals surface area contributed by atoms with Crippen LogP contribution < -0.4 is 0 Å². The summed E-state index contributed by atoms with van der Waals surface area (Å²) in [6.45, 7) is 5.22. The zero-order valence-corrected chi connectivity index (χ0v) is 12.4. The summed E-state index contributed by atoms with van der Waals surface area (Å²) >= 11 is 0. The number of hydrogen-bond donors (Lipinski definition) is 1. The number of nitrogens with zero attached hydrogens (tertiary/aromatic N) is 3. The normalized spacial score (nSPS) is 19.1. The third kappa shape index (κ3) is 3.16. The molecule has 2 heterocycles. The Labute approximate surface area is 114 Å². The molecule has 0 amide bonds. The molecule has 0 atom stereocenters. The van der Waals surface area contributed by atoms with Crippen LogP contribution in [0.5, 0.6) is 0 Å². The third-order valence-corrected chi connectivity index (χ3v) is 5.58. The van der Waals surface area contributed by atoms with E-state index in [-0.39, 0.29) is 11.1 Å². The number of sulfonamides is 1. The lowest BCUT2D eigenvalue weighted by molar-refractivity contribution is 0.170. The lowest BCUT2D eigenvalue weighted by atomic mass is 10.1. The molecule has 1 N–H and O–H groups in total. The van der Waals surface area contributed by atoms with E-state index in [1.165, 1.54) is 16.6 Å². The number of aromatic amines is 1. The van der Waals surface area contributed by atoms with E-state index in [1.54, 1.807) is 7.05 Å². The molecule has 0 radical (unpaired) electrons. The van der Waals surface area contributed by atoms with Crippen molar-refractivity contribution in [3.05, 3.63) is 12.3 Å². The van der Waals surface area contributed by atoms with E-state index in [2.05, 4.69) is 22.0 Å². The first kappa shape index (κ1) is 14.5. The second-order valence-corrected chi connectivity index (χ2v) is 6.98. The molecule has 108 valence electrons. The molecule has 6 nitrogen and oxygen atoms in total. The summed E-state index contributed by atoms with van der Waals surface area (Å²) in [5.41, 5.74) is 0. The van der Waals surface area contributed by atoms with E-state index in [0.717, 1.165) is 38.9 Å². The molecule has 1 aromatic rings. The van der Waals surface area contributed by atoms with Gasteiger partial charge in [-0.15, -0.1) is 0 Å². The molecule has 1 aliphatic rings. The monoisotopic (exact) mass is 286 g/mol. The van der Waals surface area contributed by atoms with Gasteiger partial charge >= 0.3 is 0 Å². The topological polar surface area (TPSA) is 69.3 Å². The molecular formula is C12H22N4O2S. The van der Waals surface area contributed by atoms with Crippen molar-refractivity contribution < 1.29 is 8.42 Å². The quantitative estimate of drug-likeness (QED) is 0.873. The van der Waals surface area contributed by atoms with Gasteiger partial charge in [-0.05, 0) is 45.0 Å². The van der Waals surface area contributed by atoms with Gasteiger partial charge in [0.05, 0.1) is 6.20 Å². The minimum absolute atomic E-state index is 0.0846. The maximum Gasteiger partial charge on any atom is 0.259 e. The van der Waals surface area contributed by atoms with Crippen LogP contribution in [0, 0.1) is 0 Å². The summed E-state index contributed by atoms with van der Waals surface area (Å²) in [5.74, 6) is 0. The molecule has 0 bridgehead atoms. The highest BCUT2D eigenvalue weighted by Crippen LogP contribution is 2.21. The predicted molar refractivity (Wildman–Crippen MR) is 73.3 cm³/mol. The highest BCUT2D eigenvalue weighted by molar-refractivity contribution is 7.89. The Bertz CT molecular complexity index is 478. The van der Waals surface area contributed by atoms with E-state index in [4.69, 9.17) is 0 Å². The van der Waals surface area contributed by atoms with E-state index in [1.807, 2.05) is 0 Å². The van der Waals surface area contributed by atoms with Gasteiger partial charge in [0.1, 0.15) is 0 Å². The van der Waals surface area contributed by atoms with Crippen LogP contribution in [0.15, 0.2) is 17.3 Å². The number of piperidine rings is 1. The Morgan fingerprint density at radius 3 is 2.68 bits per heavy atom. The Balaban J connectivity index is 2.00. The maximum atomic E-state index is 12.3. The SMILES string of the molecule is CCCN1CCC(N(C)S(=O)(=O)c2ccn[nH]2)CC1. The molecule has 1 fully saturated rings. The number of aromatic nitrogens is 2. The second kappa shape index (κ2) is 6.02. The van der Waals surface area contributed by atoms with Crippen LogP contribution in [-0.4, -0.2) is 60.5 Å². The molecule has 1 aliphatic heterocycles. The lowest BCUT2D eigenvalue weighted by Crippen LogP contribution is -2.45. The Morgan fingerprint density at radius 2 is 2.16 bits per heavy atom. The van der Waals surface area contributed by atoms with E-state index < -0.39 is 10.0 Å². The molecule has 0 unspecified atom stereocenters. The van der Waals surface area contributed by atoms with Crippen molar-refractivity contribution in [2.24, 2.45) is 0 Å². The van der Waals surface area contributed by atoms with Crippen molar-refractivity contribution >= 4 is 10.0 Å². The van der Waals surface area contributed by atoms with Gasteiger partial charge in [-0.3, -0.25) is 5.10 Å². The Kier molecular flexibility index (Phi) is 4.59. The average Bonchev–Trinajstić information content (AvgIpc) is 2.94. The standard InChI is InChI=1S/C12H22N4O2S/c1-3-8-16-9-5-11(6-10-16)15(2)19(17,18)12-4-7-13-14-12/h4,7,11H,3,5-6,8-10H2,1-2H3,(H,13,14). The van der Waals surface area contributed by atoms with Crippen molar-refractivity contribution in [2.45, 2.75) is 37.3 Å². The van der Waals surface area contributed by atoms with E-state index >= 15 is 0 Å². The first-order valence-electron chi connectivity index (χ1n) is 6.75. The van der Waals surface area contributed by atoms with E-state index in [9.17, 15) is 8.42 Å². The Morgan fingerprint density at radius 1 is 1.47 bits per heavy atom. The number of rotatable bonds is 5. The van der Waals surface area contributed by atoms with Crippen LogP contribution in [0.4, 0.5) is 0 Å². The number of H-pyrrole nitrogens is 1. The van der Waals surface area contributed by atoms with Gasteiger partial charge in [0.25, 0.3) is 10.0 Å². The van der Waals surface area contributed by atoms with Crippen LogP contribution in [0.2, 0.25) is 0 Å². The minimum atomic E-state index is -3.43. The largest absolute Gasteiger partial charge is 0.303 e. The fourth-order valence-electron chi connectivity index (χ4n) is 2.56. The Hall–Kier alpha value is -0.920. The summed E-state index contributed by atoms with van der Waals surface area (Å²) in [7, 11) is -1.77. The van der Waals surface area contributed by atoms with Crippen molar-refractivity contribution in [1.29, 1.82) is 0 Å². The molecule has 1 aromatic heterocycles. The second-order valence-electron chi connectivity index (χ2n) is 5.01. The van der Waals surface area contributed by atoms with Gasteiger partial charge in [-0.25, -0.2) is 8.42 Å². The number of nitrogens with one attached hydrogen (secondary N) is 1. The van der Waals surface area contributed by atoms with Crippen molar-refractivity contribution in [3.63, 3.8) is 0 Å². The van der Waals surface area contributed by atoms with Crippen molar-refractivity contribution in [2.75, 3.05) is 26.7 Å². The minimum Gasteiger partial charge on any atom is -0.303 e. The predicted octanol–water partition coefficient (Wildman–Crippen LogP) is 0.905. The van der Waals surface area contributed by atoms with Crippen LogP contribution >= 0.6 is 0 Å². The average molecular weight is 286 g/mol. The zero-order chi connectivity index (χ0) is 13.9. The molecule has 0 saturated carbocycles. The smallest absolute Gasteiger partial charge is 0.259 e. The lowest BCUT2D eigenvalue weighted by Gasteiger charge is -2.35. The molecule has 7 heteroatoms. The molecule has 19 heavy (non-hydrogen) atoms. The summed E-state index contributed by atoms with van der Waals surface area (Å²) in [6.07, 6.45) is 4.39. The van der Waals surface area contributed by atoms with Gasteiger partial charge in [0, 0.05) is 13.1 Å². The zero-order valence-electron chi connectivity index (χ0n) is 11.5. The van der Waals surface area contributed by atoms with Gasteiger partial charge in [0.2, 0.25) is 0 Å². The fourth-order valence-corrected chi connectivity index (χ4v) is 3.88. The highest BCUT2D eigenvalue weighted by atomic mass is 32.2. The van der Waals surface area contributed by atoms with Crippen LogP contribution in [-0.2, 0) is 10.0 Å². The molecule has 1 saturated heterocycles. The summed E-state index contributed by atoms with van der Waals surface area (Å²) in [6, 6.07) is 1.58. The molecule has 0 aromatic carbocycles. The third-order valence-electron chi connectivity index (χ3n) is 3.74. The number of likely N-dealkylation sites (tertiary alicyclic amines) is 1. The van der Waals surface area contributed by atoms with Crippen LogP contribution in [0.1, 0.15) is 26.2 Å². The van der Waals surface area contributed by atoms with Gasteiger partial charge in [-0.2, -0.15) is 9.40 Å². The van der Waals surface area contributed by atoms with E-state index in [0.29, 0.717) is 0 Å². The first-order valence-corrected chi connectivity index (χ1v) is 8.19. The maximum absolute atomic E-state index is 12.3. The summed E-state index contributed by atoms with van der Waals surface area (Å²) in [4.78, 5) is 2.40. The summed E-state index contributed by atoms with van der Waals surface area (Å²) in [5, 5.41) is 6.42. The molecule has 0 spiro atoms.